The summed E-state index contributed by atoms with van der Waals surface area (Å²) in [5.74, 6) is -0.801. The number of nitrogens with one attached hydrogen (secondary N) is 1. The molecule has 0 aromatic heterocycles. The fourth-order valence-corrected chi connectivity index (χ4v) is 4.65. The van der Waals surface area contributed by atoms with E-state index in [9.17, 15) is 31.2 Å². The maximum atomic E-state index is 13.5. The van der Waals surface area contributed by atoms with Crippen LogP contribution in [0.2, 0.25) is 5.02 Å². The van der Waals surface area contributed by atoms with Crippen molar-refractivity contribution in [2.24, 2.45) is 0 Å². The summed E-state index contributed by atoms with van der Waals surface area (Å²) in [6.07, 6.45) is -3.82. The van der Waals surface area contributed by atoms with Crippen LogP contribution in [0.5, 0.6) is 5.75 Å². The lowest BCUT2D eigenvalue weighted by atomic mass is 10.1. The second kappa shape index (κ2) is 11.8. The van der Waals surface area contributed by atoms with Crippen molar-refractivity contribution >= 4 is 39.1 Å². The van der Waals surface area contributed by atoms with Crippen LogP contribution in [0.3, 0.4) is 0 Å². The topological polar surface area (TPSA) is 96.0 Å². The van der Waals surface area contributed by atoms with E-state index in [1.54, 1.807) is 31.2 Å². The smallest absolute Gasteiger partial charge is 0.416 e. The molecule has 2 rings (SSSR count). The number of anilines is 1. The first-order valence-electron chi connectivity index (χ1n) is 10.7. The molecule has 1 N–H and O–H groups in total. The highest BCUT2D eigenvalue weighted by molar-refractivity contribution is 7.92. The zero-order valence-electron chi connectivity index (χ0n) is 20.1. The molecule has 36 heavy (non-hydrogen) atoms. The highest BCUT2D eigenvalue weighted by Gasteiger charge is 2.35. The summed E-state index contributed by atoms with van der Waals surface area (Å²) in [7, 11) is -1.40. The molecule has 0 fully saturated rings. The van der Waals surface area contributed by atoms with Crippen molar-refractivity contribution < 1.29 is 35.9 Å². The van der Waals surface area contributed by atoms with E-state index in [1.165, 1.54) is 19.1 Å². The maximum absolute atomic E-state index is 13.5. The van der Waals surface area contributed by atoms with Gasteiger partial charge in [0.15, 0.2) is 0 Å². The van der Waals surface area contributed by atoms with Gasteiger partial charge in [0.05, 0.1) is 29.6 Å². The van der Waals surface area contributed by atoms with Gasteiger partial charge in [-0.15, -0.1) is 0 Å². The number of carbonyl (C=O) groups is 2. The monoisotopic (exact) mass is 549 g/mol. The molecule has 1 unspecified atom stereocenters. The highest BCUT2D eigenvalue weighted by Crippen LogP contribution is 2.36. The van der Waals surface area contributed by atoms with Gasteiger partial charge in [-0.05, 0) is 42.3 Å². The number of halogens is 4. The van der Waals surface area contributed by atoms with Gasteiger partial charge in [0, 0.05) is 13.6 Å². The Labute approximate surface area is 213 Å². The van der Waals surface area contributed by atoms with E-state index in [-0.39, 0.29) is 18.0 Å². The standard InChI is InChI=1S/C23H27ClF3N3O5S/c1-5-19(22(32)28-2)29(13-15-7-6-8-17(11-15)35-3)21(31)14-30(36(4,33)34)20-12-16(23(25,26)27)9-10-18(20)24/h6-12,19H,5,13-14H2,1-4H3,(H,28,32). The highest BCUT2D eigenvalue weighted by atomic mass is 35.5. The largest absolute Gasteiger partial charge is 0.497 e. The van der Waals surface area contributed by atoms with Crippen LogP contribution in [-0.4, -0.2) is 58.1 Å². The summed E-state index contributed by atoms with van der Waals surface area (Å²) in [5.41, 5.74) is -1.04. The summed E-state index contributed by atoms with van der Waals surface area (Å²) in [6, 6.07) is 7.92. The van der Waals surface area contributed by atoms with Gasteiger partial charge in [-0.2, -0.15) is 13.2 Å². The number of hydrogen-bond donors (Lipinski definition) is 1. The minimum Gasteiger partial charge on any atom is -0.497 e. The number of ether oxygens (including phenoxy) is 1. The van der Waals surface area contributed by atoms with Crippen LogP contribution in [-0.2, 0) is 32.3 Å². The lowest BCUT2D eigenvalue weighted by molar-refractivity contribution is -0.140. The molecule has 2 aromatic carbocycles. The van der Waals surface area contributed by atoms with Gasteiger partial charge in [-0.3, -0.25) is 13.9 Å². The second-order valence-electron chi connectivity index (χ2n) is 7.85. The fraction of sp³-hybridized carbons (Fsp3) is 0.391. The van der Waals surface area contributed by atoms with Crippen LogP contribution < -0.4 is 14.4 Å². The van der Waals surface area contributed by atoms with Crippen molar-refractivity contribution in [2.75, 3.05) is 31.3 Å². The number of hydrogen-bond acceptors (Lipinski definition) is 5. The molecule has 0 aliphatic rings. The number of sulfonamides is 1. The number of carbonyl (C=O) groups excluding carboxylic acids is 2. The average molecular weight is 550 g/mol. The molecule has 2 amide bonds. The molecule has 0 aliphatic carbocycles. The summed E-state index contributed by atoms with van der Waals surface area (Å²) < 4.78 is 70.8. The van der Waals surface area contributed by atoms with Crippen LogP contribution in [0.15, 0.2) is 42.5 Å². The Morgan fingerprint density at radius 3 is 2.36 bits per heavy atom. The van der Waals surface area contributed by atoms with Crippen molar-refractivity contribution in [3.8, 4) is 5.75 Å². The fourth-order valence-electron chi connectivity index (χ4n) is 3.53. The third kappa shape index (κ3) is 7.26. The number of rotatable bonds is 10. The number of benzene rings is 2. The second-order valence-corrected chi connectivity index (χ2v) is 10.2. The molecular formula is C23H27ClF3N3O5S. The molecule has 0 bridgehead atoms. The van der Waals surface area contributed by atoms with Crippen LogP contribution in [0, 0.1) is 0 Å². The SMILES string of the molecule is CCC(C(=O)NC)N(Cc1cccc(OC)c1)C(=O)CN(c1cc(C(F)(F)F)ccc1Cl)S(C)(=O)=O. The van der Waals surface area contributed by atoms with Gasteiger partial charge in [-0.1, -0.05) is 30.7 Å². The van der Waals surface area contributed by atoms with Gasteiger partial charge >= 0.3 is 6.18 Å². The normalized spacial score (nSPS) is 12.6. The lowest BCUT2D eigenvalue weighted by Gasteiger charge is -2.33. The predicted octanol–water partition coefficient (Wildman–Crippen LogP) is 3.69. The van der Waals surface area contributed by atoms with Crippen molar-refractivity contribution in [2.45, 2.75) is 32.1 Å². The van der Waals surface area contributed by atoms with E-state index in [4.69, 9.17) is 16.3 Å². The van der Waals surface area contributed by atoms with Gasteiger partial charge in [0.1, 0.15) is 18.3 Å². The Bertz CT molecular complexity index is 1210. The first-order valence-corrected chi connectivity index (χ1v) is 12.9. The molecular weight excluding hydrogens is 523 g/mol. The van der Waals surface area contributed by atoms with Crippen LogP contribution in [0.4, 0.5) is 18.9 Å². The zero-order chi connectivity index (χ0) is 27.3. The summed E-state index contributed by atoms with van der Waals surface area (Å²) in [6.45, 7) is 0.705. The first kappa shape index (κ1) is 29.2. The average Bonchev–Trinajstić information content (AvgIpc) is 2.81. The molecule has 0 aliphatic heterocycles. The molecule has 0 heterocycles. The molecule has 8 nitrogen and oxygen atoms in total. The number of methoxy groups -OCH3 is 1. The summed E-state index contributed by atoms with van der Waals surface area (Å²) in [5, 5.41) is 2.18. The van der Waals surface area contributed by atoms with Crippen molar-refractivity contribution in [3.05, 3.63) is 58.6 Å². The Morgan fingerprint density at radius 1 is 1.17 bits per heavy atom. The Kier molecular flexibility index (Phi) is 9.61. The Hall–Kier alpha value is -2.99. The minimum absolute atomic E-state index is 0.0874. The van der Waals surface area contributed by atoms with E-state index < -0.39 is 51.9 Å². The number of amides is 2. The number of likely N-dealkylation sites (N-methyl/N-ethyl adjacent to an activating group) is 1. The number of alkyl halides is 3. The zero-order valence-corrected chi connectivity index (χ0v) is 21.7. The van der Waals surface area contributed by atoms with E-state index in [1.807, 2.05) is 0 Å². The first-order chi connectivity index (χ1) is 16.7. The lowest BCUT2D eigenvalue weighted by Crippen LogP contribution is -2.51. The molecule has 0 saturated carbocycles. The molecule has 13 heteroatoms. The van der Waals surface area contributed by atoms with Gasteiger partial charge in [-0.25, -0.2) is 8.42 Å². The Balaban J connectivity index is 2.54. The van der Waals surface area contributed by atoms with Gasteiger partial charge in [0.25, 0.3) is 0 Å². The van der Waals surface area contributed by atoms with Crippen LogP contribution in [0.1, 0.15) is 24.5 Å². The van der Waals surface area contributed by atoms with E-state index in [0.717, 1.165) is 12.3 Å². The van der Waals surface area contributed by atoms with E-state index >= 15 is 0 Å². The summed E-state index contributed by atoms with van der Waals surface area (Å²) >= 11 is 6.06. The Morgan fingerprint density at radius 2 is 1.83 bits per heavy atom. The van der Waals surface area contributed by atoms with Gasteiger partial charge < -0.3 is 15.0 Å². The van der Waals surface area contributed by atoms with Gasteiger partial charge in [0.2, 0.25) is 21.8 Å². The number of nitrogens with zero attached hydrogens (tertiary/aromatic N) is 2. The molecule has 1 atom stereocenters. The predicted molar refractivity (Wildman–Crippen MR) is 130 cm³/mol. The summed E-state index contributed by atoms with van der Waals surface area (Å²) in [4.78, 5) is 27.2. The molecule has 2 aromatic rings. The molecule has 0 spiro atoms. The third-order valence-corrected chi connectivity index (χ3v) is 6.79. The van der Waals surface area contributed by atoms with Crippen molar-refractivity contribution in [1.82, 2.24) is 10.2 Å². The van der Waals surface area contributed by atoms with Crippen LogP contribution in [0.25, 0.3) is 0 Å². The maximum Gasteiger partial charge on any atom is 0.416 e. The minimum atomic E-state index is -4.77. The quantitative estimate of drug-likeness (QED) is 0.488. The third-order valence-electron chi connectivity index (χ3n) is 5.34. The molecule has 0 saturated heterocycles. The molecule has 0 radical (unpaired) electrons. The molecule has 198 valence electrons. The van der Waals surface area contributed by atoms with Crippen molar-refractivity contribution in [3.63, 3.8) is 0 Å². The van der Waals surface area contributed by atoms with E-state index in [0.29, 0.717) is 27.8 Å². The van der Waals surface area contributed by atoms with E-state index in [2.05, 4.69) is 5.32 Å². The van der Waals surface area contributed by atoms with Crippen molar-refractivity contribution in [1.29, 1.82) is 0 Å². The van der Waals surface area contributed by atoms with Crippen LogP contribution >= 0.6 is 11.6 Å².